The number of aromatic nitrogens is 1. The molecule has 0 saturated carbocycles. The highest BCUT2D eigenvalue weighted by molar-refractivity contribution is 7.98. The van der Waals surface area contributed by atoms with E-state index in [-0.39, 0.29) is 5.92 Å². The summed E-state index contributed by atoms with van der Waals surface area (Å²) in [6.45, 7) is 3.73. The van der Waals surface area contributed by atoms with Gasteiger partial charge in [0.2, 0.25) is 0 Å². The molecular formula is C17H25NO2S. The number of ether oxygens (including phenoxy) is 1. The van der Waals surface area contributed by atoms with Gasteiger partial charge in [-0.2, -0.15) is 0 Å². The largest absolute Gasteiger partial charge is 0.381 e. The predicted molar refractivity (Wildman–Crippen MR) is 86.8 cm³/mol. The average Bonchev–Trinajstić information content (AvgIpc) is 2.54. The molecule has 21 heavy (non-hydrogen) atoms. The lowest BCUT2D eigenvalue weighted by Crippen LogP contribution is -2.22. The molecule has 1 aliphatic rings. The van der Waals surface area contributed by atoms with E-state index in [4.69, 9.17) is 4.74 Å². The molecule has 0 aliphatic carbocycles. The number of thioether (sulfide) groups is 1. The van der Waals surface area contributed by atoms with Crippen LogP contribution in [0.2, 0.25) is 0 Å². The van der Waals surface area contributed by atoms with Gasteiger partial charge in [0.1, 0.15) is 5.78 Å². The van der Waals surface area contributed by atoms with E-state index in [9.17, 15) is 4.79 Å². The van der Waals surface area contributed by atoms with Crippen LogP contribution in [0, 0.1) is 5.92 Å². The van der Waals surface area contributed by atoms with Crippen molar-refractivity contribution in [2.24, 2.45) is 5.92 Å². The molecule has 0 spiro atoms. The number of hydrogen-bond donors (Lipinski definition) is 0. The minimum atomic E-state index is -0.0380. The lowest BCUT2D eigenvalue weighted by atomic mass is 9.83. The molecule has 1 fully saturated rings. The monoisotopic (exact) mass is 307 g/mol. The molecular weight excluding hydrogens is 282 g/mol. The first kappa shape index (κ1) is 16.5. The third-order valence-electron chi connectivity index (χ3n) is 4.15. The minimum Gasteiger partial charge on any atom is -0.381 e. The molecule has 1 aliphatic heterocycles. The molecule has 3 nitrogen and oxygen atoms in total. The van der Waals surface area contributed by atoms with Crippen LogP contribution < -0.4 is 0 Å². The third-order valence-corrected chi connectivity index (χ3v) is 4.86. The molecule has 4 heteroatoms. The first-order valence-corrected chi connectivity index (χ1v) is 9.07. The molecule has 2 rings (SSSR count). The van der Waals surface area contributed by atoms with E-state index in [2.05, 4.69) is 18.0 Å². The second kappa shape index (κ2) is 8.54. The highest BCUT2D eigenvalue weighted by atomic mass is 32.2. The summed E-state index contributed by atoms with van der Waals surface area (Å²) >= 11 is 1.68. The number of ketones is 1. The summed E-state index contributed by atoms with van der Waals surface area (Å²) in [6.07, 6.45) is 8.55. The fraction of sp³-hybridized carbons (Fsp3) is 0.647. The van der Waals surface area contributed by atoms with Gasteiger partial charge in [-0.05, 0) is 50.0 Å². The van der Waals surface area contributed by atoms with Crippen LogP contribution >= 0.6 is 11.8 Å². The molecule has 2 heterocycles. The summed E-state index contributed by atoms with van der Waals surface area (Å²) in [4.78, 5) is 18.2. The molecule has 0 amide bonds. The van der Waals surface area contributed by atoms with E-state index in [0.29, 0.717) is 18.1 Å². The Balaban J connectivity index is 2.11. The number of Topliss-reactive ketones (excluding diaryl/α,β-unsaturated/α-hetero) is 1. The molecule has 116 valence electrons. The van der Waals surface area contributed by atoms with Crippen molar-refractivity contribution in [2.45, 2.75) is 49.8 Å². The Morgan fingerprint density at radius 3 is 2.76 bits per heavy atom. The van der Waals surface area contributed by atoms with Crippen LogP contribution in [0.4, 0.5) is 0 Å². The zero-order valence-electron chi connectivity index (χ0n) is 13.0. The van der Waals surface area contributed by atoms with Crippen molar-refractivity contribution in [1.29, 1.82) is 0 Å². The van der Waals surface area contributed by atoms with E-state index < -0.39 is 0 Å². The van der Waals surface area contributed by atoms with Crippen LogP contribution in [-0.2, 0) is 9.53 Å². The molecule has 1 saturated heterocycles. The summed E-state index contributed by atoms with van der Waals surface area (Å²) in [7, 11) is 0. The molecule has 0 bridgehead atoms. The van der Waals surface area contributed by atoms with Crippen molar-refractivity contribution in [3.63, 3.8) is 0 Å². The maximum atomic E-state index is 12.5. The lowest BCUT2D eigenvalue weighted by Gasteiger charge is -2.26. The van der Waals surface area contributed by atoms with Gasteiger partial charge in [-0.3, -0.25) is 9.78 Å². The van der Waals surface area contributed by atoms with Crippen LogP contribution in [0.15, 0.2) is 23.2 Å². The Labute approximate surface area is 131 Å². The second-order valence-corrected chi connectivity index (χ2v) is 6.56. The first-order valence-electron chi connectivity index (χ1n) is 7.85. The van der Waals surface area contributed by atoms with Gasteiger partial charge in [0.25, 0.3) is 0 Å². The number of carbonyl (C=O) groups is 1. The summed E-state index contributed by atoms with van der Waals surface area (Å²) < 4.78 is 5.42. The molecule has 1 atom stereocenters. The van der Waals surface area contributed by atoms with Crippen molar-refractivity contribution >= 4 is 17.5 Å². The van der Waals surface area contributed by atoms with Gasteiger partial charge in [0.05, 0.1) is 11.6 Å². The summed E-state index contributed by atoms with van der Waals surface area (Å²) in [5, 5.41) is 0. The third kappa shape index (κ3) is 4.82. The average molecular weight is 307 g/mol. The fourth-order valence-corrected chi connectivity index (χ4v) is 3.23. The Bertz CT molecular complexity index is 441. The SMILES string of the molecule is CCCC(=O)C(CC1CCOCC1)c1ccc(SC)cn1. The molecule has 1 aromatic heterocycles. The first-order chi connectivity index (χ1) is 10.2. The number of carbonyl (C=O) groups excluding carboxylic acids is 1. The highest BCUT2D eigenvalue weighted by Gasteiger charge is 2.26. The normalized spacial score (nSPS) is 17.6. The topological polar surface area (TPSA) is 39.2 Å². The molecule has 0 aromatic carbocycles. The Morgan fingerprint density at radius 2 is 2.19 bits per heavy atom. The van der Waals surface area contributed by atoms with Gasteiger partial charge in [-0.1, -0.05) is 6.92 Å². The van der Waals surface area contributed by atoms with Crippen LogP contribution in [-0.4, -0.2) is 30.2 Å². The van der Waals surface area contributed by atoms with Crippen LogP contribution in [0.3, 0.4) is 0 Å². The van der Waals surface area contributed by atoms with Crippen molar-refractivity contribution in [3.05, 3.63) is 24.0 Å². The van der Waals surface area contributed by atoms with Crippen molar-refractivity contribution in [3.8, 4) is 0 Å². The minimum absolute atomic E-state index is 0.0380. The van der Waals surface area contributed by atoms with E-state index in [0.717, 1.165) is 49.5 Å². The smallest absolute Gasteiger partial charge is 0.141 e. The molecule has 0 radical (unpaired) electrons. The van der Waals surface area contributed by atoms with Crippen molar-refractivity contribution in [2.75, 3.05) is 19.5 Å². The van der Waals surface area contributed by atoms with Crippen molar-refractivity contribution < 1.29 is 9.53 Å². The second-order valence-electron chi connectivity index (χ2n) is 5.68. The fourth-order valence-electron chi connectivity index (χ4n) is 2.87. The highest BCUT2D eigenvalue weighted by Crippen LogP contribution is 2.30. The Kier molecular flexibility index (Phi) is 6.71. The summed E-state index contributed by atoms with van der Waals surface area (Å²) in [5.41, 5.74) is 0.942. The van der Waals surface area contributed by atoms with Crippen LogP contribution in [0.5, 0.6) is 0 Å². The summed E-state index contributed by atoms with van der Waals surface area (Å²) in [5.74, 6) is 0.893. The van der Waals surface area contributed by atoms with E-state index in [1.54, 1.807) is 11.8 Å². The lowest BCUT2D eigenvalue weighted by molar-refractivity contribution is -0.121. The number of pyridine rings is 1. The number of hydrogen-bond acceptors (Lipinski definition) is 4. The van der Waals surface area contributed by atoms with Gasteiger partial charge >= 0.3 is 0 Å². The zero-order chi connectivity index (χ0) is 15.1. The quantitative estimate of drug-likeness (QED) is 0.712. The Morgan fingerprint density at radius 1 is 1.43 bits per heavy atom. The maximum Gasteiger partial charge on any atom is 0.141 e. The van der Waals surface area contributed by atoms with Gasteiger partial charge < -0.3 is 4.74 Å². The standard InChI is InChI=1S/C17H25NO2S/c1-3-4-17(19)15(11-13-7-9-20-10-8-13)16-6-5-14(21-2)12-18-16/h5-6,12-13,15H,3-4,7-11H2,1-2H3. The van der Waals surface area contributed by atoms with Gasteiger partial charge in [-0.25, -0.2) is 0 Å². The number of rotatable bonds is 7. The summed E-state index contributed by atoms with van der Waals surface area (Å²) in [6, 6.07) is 4.10. The van der Waals surface area contributed by atoms with E-state index in [1.807, 2.05) is 18.5 Å². The van der Waals surface area contributed by atoms with Crippen LogP contribution in [0.25, 0.3) is 0 Å². The molecule has 1 aromatic rings. The Hall–Kier alpha value is -0.870. The van der Waals surface area contributed by atoms with E-state index >= 15 is 0 Å². The predicted octanol–water partition coefficient (Wildman–Crippen LogP) is 4.07. The van der Waals surface area contributed by atoms with Crippen molar-refractivity contribution in [1.82, 2.24) is 4.98 Å². The van der Waals surface area contributed by atoms with Gasteiger partial charge in [0.15, 0.2) is 0 Å². The number of nitrogens with zero attached hydrogens (tertiary/aromatic N) is 1. The van der Waals surface area contributed by atoms with Gasteiger partial charge in [0, 0.05) is 30.7 Å². The zero-order valence-corrected chi connectivity index (χ0v) is 13.8. The molecule has 0 N–H and O–H groups in total. The van der Waals surface area contributed by atoms with E-state index in [1.165, 1.54) is 0 Å². The van der Waals surface area contributed by atoms with Gasteiger partial charge in [-0.15, -0.1) is 11.8 Å². The molecule has 1 unspecified atom stereocenters. The maximum absolute atomic E-state index is 12.5. The van der Waals surface area contributed by atoms with Crippen LogP contribution in [0.1, 0.15) is 50.6 Å².